The third-order valence-corrected chi connectivity index (χ3v) is 2.77. The molecule has 7 nitrogen and oxygen atoms in total. The maximum absolute atomic E-state index is 11.2. The standard InChI is InChI=1S/C8H12N2O5/c11-5-10(8(13)14)4-2-1-3-6(10)7(12)9-15/h5-6H,1-4H2,(H2-,9,12,13,14,15)/p+1. The van der Waals surface area contributed by atoms with Gasteiger partial charge in [0.2, 0.25) is 0 Å². The fraction of sp³-hybridized carbons (Fsp3) is 0.625. The minimum absolute atomic E-state index is 0.0803. The Balaban J connectivity index is 3.03. The van der Waals surface area contributed by atoms with E-state index < -0.39 is 22.5 Å². The van der Waals surface area contributed by atoms with Gasteiger partial charge in [-0.15, -0.1) is 0 Å². The van der Waals surface area contributed by atoms with E-state index in [0.29, 0.717) is 12.8 Å². The summed E-state index contributed by atoms with van der Waals surface area (Å²) in [5, 5.41) is 17.5. The first-order chi connectivity index (χ1) is 7.08. The fourth-order valence-corrected chi connectivity index (χ4v) is 1.91. The van der Waals surface area contributed by atoms with Crippen LogP contribution < -0.4 is 5.48 Å². The Morgan fingerprint density at radius 3 is 2.53 bits per heavy atom. The second-order valence-electron chi connectivity index (χ2n) is 3.53. The summed E-state index contributed by atoms with van der Waals surface area (Å²) in [7, 11) is 0. The molecule has 3 N–H and O–H groups in total. The van der Waals surface area contributed by atoms with E-state index in [4.69, 9.17) is 10.3 Å². The number of piperidine rings is 1. The molecule has 1 saturated heterocycles. The molecule has 84 valence electrons. The number of quaternary nitrogens is 1. The second-order valence-corrected chi connectivity index (χ2v) is 3.53. The highest BCUT2D eigenvalue weighted by Gasteiger charge is 2.50. The first-order valence-electron chi connectivity index (χ1n) is 4.59. The molecule has 0 saturated carbocycles. The van der Waals surface area contributed by atoms with Gasteiger partial charge in [-0.25, -0.2) is 10.3 Å². The summed E-state index contributed by atoms with van der Waals surface area (Å²) in [5.74, 6) is -0.829. The van der Waals surface area contributed by atoms with Crippen molar-refractivity contribution in [2.24, 2.45) is 0 Å². The third-order valence-electron chi connectivity index (χ3n) is 2.77. The van der Waals surface area contributed by atoms with Crippen molar-refractivity contribution in [3.8, 4) is 0 Å². The molecule has 7 heteroatoms. The summed E-state index contributed by atoms with van der Waals surface area (Å²) in [4.78, 5) is 33.1. The zero-order valence-electron chi connectivity index (χ0n) is 8.05. The molecule has 0 aliphatic carbocycles. The fourth-order valence-electron chi connectivity index (χ4n) is 1.91. The Labute approximate surface area is 85.8 Å². The van der Waals surface area contributed by atoms with Crippen molar-refractivity contribution in [3.05, 3.63) is 0 Å². The molecule has 1 aliphatic rings. The van der Waals surface area contributed by atoms with Crippen LogP contribution in [0.5, 0.6) is 0 Å². The highest BCUT2D eigenvalue weighted by Crippen LogP contribution is 2.24. The normalized spacial score (nSPS) is 30.6. The number of amides is 3. The van der Waals surface area contributed by atoms with Crippen LogP contribution in [0, 0.1) is 0 Å². The molecule has 1 rings (SSSR count). The summed E-state index contributed by atoms with van der Waals surface area (Å²) in [5.41, 5.74) is 1.40. The van der Waals surface area contributed by atoms with Crippen LogP contribution in [0.25, 0.3) is 0 Å². The highest BCUT2D eigenvalue weighted by atomic mass is 16.5. The number of carbonyl (C=O) groups excluding carboxylic acids is 2. The molecule has 1 heterocycles. The summed E-state index contributed by atoms with van der Waals surface area (Å²) >= 11 is 0. The molecule has 0 bridgehead atoms. The van der Waals surface area contributed by atoms with Crippen LogP contribution in [0.15, 0.2) is 0 Å². The quantitative estimate of drug-likeness (QED) is 0.255. The lowest BCUT2D eigenvalue weighted by Gasteiger charge is -2.35. The van der Waals surface area contributed by atoms with E-state index in [1.807, 2.05) is 0 Å². The largest absolute Gasteiger partial charge is 0.521 e. The van der Waals surface area contributed by atoms with Gasteiger partial charge in [0.25, 0.3) is 0 Å². The lowest BCUT2D eigenvalue weighted by molar-refractivity contribution is -0.796. The number of likely N-dealkylation sites (tertiary alicyclic amines) is 1. The molecule has 0 aromatic rings. The zero-order valence-corrected chi connectivity index (χ0v) is 8.05. The molecule has 3 amide bonds. The molecule has 15 heavy (non-hydrogen) atoms. The maximum Gasteiger partial charge on any atom is 0.521 e. The van der Waals surface area contributed by atoms with E-state index in [-0.39, 0.29) is 19.4 Å². The molecule has 2 atom stereocenters. The first-order valence-corrected chi connectivity index (χ1v) is 4.59. The van der Waals surface area contributed by atoms with E-state index in [1.54, 1.807) is 0 Å². The van der Waals surface area contributed by atoms with E-state index in [9.17, 15) is 14.4 Å². The molecule has 0 spiro atoms. The molecule has 1 fully saturated rings. The van der Waals surface area contributed by atoms with E-state index in [1.165, 1.54) is 5.48 Å². The monoisotopic (exact) mass is 217 g/mol. The molecule has 1 aliphatic heterocycles. The predicted octanol–water partition coefficient (Wildman–Crippen LogP) is -0.305. The van der Waals surface area contributed by atoms with Crippen molar-refractivity contribution < 1.29 is 29.2 Å². The maximum atomic E-state index is 11.2. The number of hydrogen-bond donors (Lipinski definition) is 3. The van der Waals surface area contributed by atoms with Crippen molar-refractivity contribution in [3.63, 3.8) is 0 Å². The number of carboxylic acid groups (broad SMARTS) is 1. The van der Waals surface area contributed by atoms with Crippen LogP contribution in [0.2, 0.25) is 0 Å². The average molecular weight is 217 g/mol. The average Bonchev–Trinajstić information content (AvgIpc) is 2.27. The molecule has 0 aromatic heterocycles. The molecular weight excluding hydrogens is 204 g/mol. The summed E-state index contributed by atoms with van der Waals surface area (Å²) < 4.78 is -0.952. The summed E-state index contributed by atoms with van der Waals surface area (Å²) in [6, 6.07) is -1.04. The van der Waals surface area contributed by atoms with Crippen LogP contribution in [-0.4, -0.2) is 45.8 Å². The van der Waals surface area contributed by atoms with Gasteiger partial charge < -0.3 is 5.11 Å². The van der Waals surface area contributed by atoms with Crippen molar-refractivity contribution in [2.75, 3.05) is 6.54 Å². The first kappa shape index (κ1) is 11.6. The number of imide groups is 1. The second kappa shape index (κ2) is 4.37. The van der Waals surface area contributed by atoms with Gasteiger partial charge in [-0.1, -0.05) is 0 Å². The van der Waals surface area contributed by atoms with Crippen LogP contribution in [0.1, 0.15) is 19.3 Å². The Morgan fingerprint density at radius 2 is 2.07 bits per heavy atom. The molecule has 0 aromatic carbocycles. The highest BCUT2D eigenvalue weighted by molar-refractivity contribution is 5.83. The van der Waals surface area contributed by atoms with Crippen molar-refractivity contribution >= 4 is 18.4 Å². The molecule has 2 unspecified atom stereocenters. The van der Waals surface area contributed by atoms with Crippen molar-refractivity contribution in [1.29, 1.82) is 0 Å². The SMILES string of the molecule is O=C[N+]1(C(=O)O)CCCCC1C(=O)NO. The van der Waals surface area contributed by atoms with Crippen LogP contribution in [-0.2, 0) is 9.59 Å². The summed E-state index contributed by atoms with van der Waals surface area (Å²) in [6.07, 6.45) is 0.400. The summed E-state index contributed by atoms with van der Waals surface area (Å²) in [6.45, 7) is 0.0803. The predicted molar refractivity (Wildman–Crippen MR) is 46.8 cm³/mol. The number of rotatable bonds is 2. The molecular formula is C8H13N2O5+. The van der Waals surface area contributed by atoms with E-state index in [0.717, 1.165) is 0 Å². The van der Waals surface area contributed by atoms with Crippen LogP contribution >= 0.6 is 0 Å². The van der Waals surface area contributed by atoms with Gasteiger partial charge in [0.05, 0.1) is 6.54 Å². The lowest BCUT2D eigenvalue weighted by atomic mass is 9.99. The van der Waals surface area contributed by atoms with Gasteiger partial charge in [0.1, 0.15) is 0 Å². The number of hydroxylamine groups is 1. The van der Waals surface area contributed by atoms with Gasteiger partial charge in [0, 0.05) is 6.42 Å². The molecule has 0 radical (unpaired) electrons. The Bertz CT molecular complexity index is 293. The van der Waals surface area contributed by atoms with Gasteiger partial charge in [-0.2, -0.15) is 9.28 Å². The smallest absolute Gasteiger partial charge is 0.435 e. The number of hydrogen-bond acceptors (Lipinski definition) is 4. The minimum atomic E-state index is -1.36. The van der Waals surface area contributed by atoms with E-state index in [2.05, 4.69) is 0 Å². The van der Waals surface area contributed by atoms with Gasteiger partial charge >= 0.3 is 18.4 Å². The Kier molecular flexibility index (Phi) is 3.38. The lowest BCUT2D eigenvalue weighted by Crippen LogP contribution is -2.64. The van der Waals surface area contributed by atoms with Crippen molar-refractivity contribution in [2.45, 2.75) is 25.3 Å². The van der Waals surface area contributed by atoms with Gasteiger partial charge in [0.15, 0.2) is 6.04 Å². The Hall–Kier alpha value is -1.47. The third kappa shape index (κ3) is 1.83. The Morgan fingerprint density at radius 1 is 1.40 bits per heavy atom. The number of nitrogens with one attached hydrogen (secondary N) is 1. The van der Waals surface area contributed by atoms with E-state index >= 15 is 0 Å². The van der Waals surface area contributed by atoms with Crippen LogP contribution in [0.3, 0.4) is 0 Å². The van der Waals surface area contributed by atoms with Crippen LogP contribution in [0.4, 0.5) is 4.79 Å². The minimum Gasteiger partial charge on any atom is -0.435 e. The zero-order chi connectivity index (χ0) is 11.5. The number of nitrogens with zero attached hydrogens (tertiary/aromatic N) is 1. The van der Waals surface area contributed by atoms with Gasteiger partial charge in [-0.3, -0.25) is 10.0 Å². The van der Waals surface area contributed by atoms with Crippen molar-refractivity contribution in [1.82, 2.24) is 5.48 Å². The topological polar surface area (TPSA) is 104 Å². The van der Waals surface area contributed by atoms with Gasteiger partial charge in [-0.05, 0) is 12.8 Å². The number of carbonyl (C=O) groups is 3.